The van der Waals surface area contributed by atoms with E-state index >= 15 is 0 Å². The third kappa shape index (κ3) is 10.3. The van der Waals surface area contributed by atoms with Gasteiger partial charge in [-0.3, -0.25) is 29.0 Å². The number of benzene rings is 1. The third-order valence-electron chi connectivity index (χ3n) is 10.3. The van der Waals surface area contributed by atoms with E-state index in [-0.39, 0.29) is 43.7 Å². The van der Waals surface area contributed by atoms with Crippen LogP contribution in [-0.2, 0) is 35.2 Å². The van der Waals surface area contributed by atoms with E-state index in [1.54, 1.807) is 27.0 Å². The van der Waals surface area contributed by atoms with Crippen LogP contribution < -0.4 is 33.2 Å². The Bertz CT molecular complexity index is 1720. The van der Waals surface area contributed by atoms with Crippen molar-refractivity contribution in [3.05, 3.63) is 36.0 Å². The van der Waals surface area contributed by atoms with E-state index in [1.165, 1.54) is 9.80 Å². The first kappa shape index (κ1) is 41.6. The Balaban J connectivity index is 1.49. The second-order valence-electron chi connectivity index (χ2n) is 14.9. The first-order chi connectivity index (χ1) is 25.5. The van der Waals surface area contributed by atoms with Gasteiger partial charge in [-0.05, 0) is 69.9 Å². The van der Waals surface area contributed by atoms with Gasteiger partial charge in [-0.1, -0.05) is 38.5 Å². The summed E-state index contributed by atoms with van der Waals surface area (Å²) in [5.41, 5.74) is 17.2. The number of hydrogen-bond donors (Lipinski definition) is 8. The number of nitrogens with two attached hydrogens (primary N) is 3. The zero-order chi connectivity index (χ0) is 39.7. The number of carboxylic acid groups (broad SMARTS) is 1. The molecule has 2 aromatic rings. The molecule has 0 saturated carbocycles. The standard InChI is InChI=1S/C37H56N10O7/c1-5-21(2)29(31(49)43-25(34(52)53)13-8-16-41-36(38)39)45-30(48)27-14-9-17-46(27)33(51)28-15-10-18-47(28)32(50)26(44-35(54)37(3,4)40)19-22-20-42-24-12-7-6-11-23(22)24/h6-7,11-12,20-21,25-29,42H,5,8-10,13-19,40H2,1-4H3,(H,43,49)(H,44,54)(H,45,48)(H,52,53)(H4,38,39,41)/t21-,25-,26+,27+,28+,29+/m0/s1. The van der Waals surface area contributed by atoms with Crippen LogP contribution in [0.1, 0.15) is 78.2 Å². The quantitative estimate of drug-likeness (QED) is 0.0612. The first-order valence-electron chi connectivity index (χ1n) is 18.7. The molecule has 17 nitrogen and oxygen atoms in total. The maximum atomic E-state index is 14.3. The lowest BCUT2D eigenvalue weighted by molar-refractivity contribution is -0.148. The van der Waals surface area contributed by atoms with Gasteiger partial charge < -0.3 is 53.0 Å². The molecule has 11 N–H and O–H groups in total. The summed E-state index contributed by atoms with van der Waals surface area (Å²) in [6, 6.07) is 2.56. The van der Waals surface area contributed by atoms with E-state index in [0.29, 0.717) is 45.1 Å². The Morgan fingerprint density at radius 2 is 1.65 bits per heavy atom. The Morgan fingerprint density at radius 1 is 0.981 bits per heavy atom. The van der Waals surface area contributed by atoms with Crippen LogP contribution in [0.15, 0.2) is 35.5 Å². The molecule has 5 amide bonds. The molecule has 2 saturated heterocycles. The fourth-order valence-electron chi connectivity index (χ4n) is 7.02. The summed E-state index contributed by atoms with van der Waals surface area (Å²) in [5, 5.41) is 18.8. The van der Waals surface area contributed by atoms with Crippen LogP contribution >= 0.6 is 0 Å². The number of aliphatic imine (C=N–C) groups is 1. The van der Waals surface area contributed by atoms with Gasteiger partial charge in [-0.2, -0.15) is 0 Å². The predicted octanol–water partition coefficient (Wildman–Crippen LogP) is 0.0684. The van der Waals surface area contributed by atoms with Crippen LogP contribution in [0.4, 0.5) is 0 Å². The maximum absolute atomic E-state index is 14.3. The average Bonchev–Trinajstić information content (AvgIpc) is 3.90. The lowest BCUT2D eigenvalue weighted by atomic mass is 9.97. The van der Waals surface area contributed by atoms with E-state index in [0.717, 1.165) is 16.5 Å². The van der Waals surface area contributed by atoms with Crippen molar-refractivity contribution in [2.24, 2.45) is 28.1 Å². The Hall–Kier alpha value is -5.19. The molecule has 0 bridgehead atoms. The van der Waals surface area contributed by atoms with Crippen molar-refractivity contribution in [3.63, 3.8) is 0 Å². The van der Waals surface area contributed by atoms with Gasteiger partial charge in [0.25, 0.3) is 0 Å². The van der Waals surface area contributed by atoms with Crippen molar-refractivity contribution in [2.45, 2.75) is 115 Å². The number of aromatic nitrogens is 1. The molecular weight excluding hydrogens is 696 g/mol. The predicted molar refractivity (Wildman–Crippen MR) is 203 cm³/mol. The number of H-pyrrole nitrogens is 1. The van der Waals surface area contributed by atoms with Gasteiger partial charge in [0.2, 0.25) is 29.5 Å². The number of fused-ring (bicyclic) bond motifs is 1. The van der Waals surface area contributed by atoms with E-state index in [4.69, 9.17) is 17.2 Å². The van der Waals surface area contributed by atoms with Crippen molar-refractivity contribution in [1.29, 1.82) is 0 Å². The molecule has 6 atom stereocenters. The number of guanidine groups is 1. The highest BCUT2D eigenvalue weighted by Crippen LogP contribution is 2.27. The number of hydrogen-bond acceptors (Lipinski definition) is 8. The minimum Gasteiger partial charge on any atom is -0.480 e. The molecule has 2 aliphatic rings. The SMILES string of the molecule is CC[C@H](C)[C@@H](NC(=O)[C@H]1CCCN1C(=O)[C@H]1CCCN1C(=O)[C@@H](Cc1c[nH]c2ccccc12)NC(=O)C(C)(C)N)C(=O)N[C@@H](CCCN=C(N)N)C(=O)O. The Labute approximate surface area is 315 Å². The van der Waals surface area contributed by atoms with Gasteiger partial charge in [0.15, 0.2) is 5.96 Å². The normalized spacial score (nSPS) is 19.4. The van der Waals surface area contributed by atoms with Crippen molar-refractivity contribution in [1.82, 2.24) is 30.7 Å². The Morgan fingerprint density at radius 3 is 2.30 bits per heavy atom. The van der Waals surface area contributed by atoms with E-state index in [9.17, 15) is 33.9 Å². The fraction of sp³-hybridized carbons (Fsp3) is 0.595. The van der Waals surface area contributed by atoms with Crippen LogP contribution in [0.25, 0.3) is 10.9 Å². The smallest absolute Gasteiger partial charge is 0.326 e. The third-order valence-corrected chi connectivity index (χ3v) is 10.3. The van der Waals surface area contributed by atoms with Crippen LogP contribution in [0.2, 0.25) is 0 Å². The highest BCUT2D eigenvalue weighted by molar-refractivity contribution is 5.97. The number of rotatable bonds is 17. The maximum Gasteiger partial charge on any atom is 0.326 e. The summed E-state index contributed by atoms with van der Waals surface area (Å²) in [6.45, 7) is 7.48. The molecular formula is C37H56N10O7. The fourth-order valence-corrected chi connectivity index (χ4v) is 7.02. The summed E-state index contributed by atoms with van der Waals surface area (Å²) in [7, 11) is 0. The first-order valence-corrected chi connectivity index (χ1v) is 18.7. The summed E-state index contributed by atoms with van der Waals surface area (Å²) in [6.07, 6.45) is 4.65. The number of aromatic amines is 1. The molecule has 0 unspecified atom stereocenters. The van der Waals surface area contributed by atoms with Crippen molar-refractivity contribution in [2.75, 3.05) is 19.6 Å². The number of amides is 5. The molecule has 0 spiro atoms. The zero-order valence-electron chi connectivity index (χ0n) is 31.6. The molecule has 2 fully saturated rings. The van der Waals surface area contributed by atoms with Gasteiger partial charge in [0.05, 0.1) is 5.54 Å². The molecule has 17 heteroatoms. The second kappa shape index (κ2) is 18.2. The monoisotopic (exact) mass is 752 g/mol. The Kier molecular flexibility index (Phi) is 14.0. The summed E-state index contributed by atoms with van der Waals surface area (Å²) < 4.78 is 0. The van der Waals surface area contributed by atoms with Crippen molar-refractivity contribution < 1.29 is 33.9 Å². The van der Waals surface area contributed by atoms with Gasteiger partial charge >= 0.3 is 5.97 Å². The molecule has 296 valence electrons. The van der Waals surface area contributed by atoms with E-state index in [1.807, 2.05) is 31.2 Å². The number of aliphatic carboxylic acids is 1. The lowest BCUT2D eigenvalue weighted by Crippen LogP contribution is -2.60. The van der Waals surface area contributed by atoms with E-state index in [2.05, 4.69) is 25.9 Å². The number of carbonyl (C=O) groups is 6. The van der Waals surface area contributed by atoms with Crippen molar-refractivity contribution in [3.8, 4) is 0 Å². The van der Waals surface area contributed by atoms with Gasteiger partial charge in [0.1, 0.15) is 30.2 Å². The number of carboxylic acids is 1. The molecule has 3 heterocycles. The number of carbonyl (C=O) groups excluding carboxylic acids is 5. The molecule has 1 aromatic heterocycles. The number of para-hydroxylation sites is 1. The second-order valence-corrected chi connectivity index (χ2v) is 14.9. The van der Waals surface area contributed by atoms with E-state index < -0.39 is 65.3 Å². The van der Waals surface area contributed by atoms with Crippen LogP contribution in [0, 0.1) is 5.92 Å². The van der Waals surface area contributed by atoms with Gasteiger partial charge in [-0.15, -0.1) is 0 Å². The topological polar surface area (TPSA) is 271 Å². The number of nitrogens with zero attached hydrogens (tertiary/aromatic N) is 3. The van der Waals surface area contributed by atoms with Crippen LogP contribution in [0.5, 0.6) is 0 Å². The largest absolute Gasteiger partial charge is 0.480 e. The molecule has 54 heavy (non-hydrogen) atoms. The lowest BCUT2D eigenvalue weighted by Gasteiger charge is -2.34. The minimum atomic E-state index is -1.26. The zero-order valence-corrected chi connectivity index (χ0v) is 31.6. The summed E-state index contributed by atoms with van der Waals surface area (Å²) in [4.78, 5) is 90.9. The summed E-state index contributed by atoms with van der Waals surface area (Å²) >= 11 is 0. The number of nitrogens with one attached hydrogen (secondary N) is 4. The summed E-state index contributed by atoms with van der Waals surface area (Å²) in [5.74, 6) is -4.23. The minimum absolute atomic E-state index is 0.0663. The van der Waals surface area contributed by atoms with Crippen molar-refractivity contribution >= 4 is 52.4 Å². The number of likely N-dealkylation sites (tertiary alicyclic amines) is 2. The highest BCUT2D eigenvalue weighted by Gasteiger charge is 2.45. The highest BCUT2D eigenvalue weighted by atomic mass is 16.4. The molecule has 2 aliphatic heterocycles. The van der Waals surface area contributed by atoms with Gasteiger partial charge in [0, 0.05) is 43.2 Å². The molecule has 1 aromatic carbocycles. The van der Waals surface area contributed by atoms with Gasteiger partial charge in [-0.25, -0.2) is 4.79 Å². The molecule has 0 radical (unpaired) electrons. The molecule has 4 rings (SSSR count). The van der Waals surface area contributed by atoms with Crippen LogP contribution in [-0.4, -0.2) is 117 Å². The van der Waals surface area contributed by atoms with Crippen LogP contribution in [0.3, 0.4) is 0 Å². The molecule has 0 aliphatic carbocycles. The average molecular weight is 753 g/mol.